The first-order valence-electron chi connectivity index (χ1n) is 9.96. The molecule has 1 aromatic carbocycles. The van der Waals surface area contributed by atoms with Crippen LogP contribution in [0.2, 0.25) is 0 Å². The maximum atomic E-state index is 12.5. The van der Waals surface area contributed by atoms with Crippen LogP contribution in [-0.2, 0) is 22.4 Å². The standard InChI is InChI=1S/C20H30N4O3S/c1-14(2)10-20(25)24-9-4-3-6-15(12-24)13-27-18-8-5-7-17-16(18)11-19(21)23-28(26)22-17/h5,7-8,14-15,22H,3-4,6,9-13H2,1-2H3,(H2,21,23)/t15-,28?/m0/s1. The van der Waals surface area contributed by atoms with E-state index >= 15 is 0 Å². The molecule has 2 heterocycles. The molecule has 0 aliphatic carbocycles. The molecule has 1 saturated heterocycles. The molecule has 1 fully saturated rings. The summed E-state index contributed by atoms with van der Waals surface area (Å²) in [7, 11) is 0. The molecule has 28 heavy (non-hydrogen) atoms. The van der Waals surface area contributed by atoms with Crippen molar-refractivity contribution in [2.24, 2.45) is 22.0 Å². The summed E-state index contributed by atoms with van der Waals surface area (Å²) in [6, 6.07) is 5.62. The Labute approximate surface area is 169 Å². The van der Waals surface area contributed by atoms with Crippen LogP contribution in [0.3, 0.4) is 0 Å². The average Bonchev–Trinajstić information content (AvgIpc) is 2.94. The second-order valence-corrected chi connectivity index (χ2v) is 8.89. The highest BCUT2D eigenvalue weighted by molar-refractivity contribution is 7.85. The summed E-state index contributed by atoms with van der Waals surface area (Å²) in [4.78, 5) is 14.5. The summed E-state index contributed by atoms with van der Waals surface area (Å²) in [5.74, 6) is 1.96. The summed E-state index contributed by atoms with van der Waals surface area (Å²) in [5.41, 5.74) is 7.48. The highest BCUT2D eigenvalue weighted by Crippen LogP contribution is 2.30. The first-order valence-corrected chi connectivity index (χ1v) is 11.1. The number of likely N-dealkylation sites (tertiary alicyclic amines) is 1. The van der Waals surface area contributed by atoms with Gasteiger partial charge >= 0.3 is 0 Å². The van der Waals surface area contributed by atoms with E-state index in [1.54, 1.807) is 0 Å². The minimum Gasteiger partial charge on any atom is -0.493 e. The fraction of sp³-hybridized carbons (Fsp3) is 0.600. The SMILES string of the molecule is CC(C)CC(=O)N1CCCC[C@H](COc2cccc3c2CC(N)=NS(=O)N3)C1. The molecule has 154 valence electrons. The van der Waals surface area contributed by atoms with Crippen LogP contribution in [0.25, 0.3) is 0 Å². The van der Waals surface area contributed by atoms with E-state index < -0.39 is 11.2 Å². The Morgan fingerprint density at radius 1 is 1.43 bits per heavy atom. The zero-order chi connectivity index (χ0) is 20.1. The monoisotopic (exact) mass is 406 g/mol. The Morgan fingerprint density at radius 3 is 3.04 bits per heavy atom. The molecule has 0 radical (unpaired) electrons. The Morgan fingerprint density at radius 2 is 2.25 bits per heavy atom. The minimum absolute atomic E-state index is 0.242. The van der Waals surface area contributed by atoms with Crippen molar-refractivity contribution in [1.82, 2.24) is 4.90 Å². The van der Waals surface area contributed by atoms with Gasteiger partial charge in [-0.1, -0.05) is 26.3 Å². The van der Waals surface area contributed by atoms with E-state index in [4.69, 9.17) is 10.5 Å². The van der Waals surface area contributed by atoms with Gasteiger partial charge in [0, 0.05) is 37.4 Å². The van der Waals surface area contributed by atoms with Crippen molar-refractivity contribution < 1.29 is 13.7 Å². The molecule has 7 nitrogen and oxygen atoms in total. The van der Waals surface area contributed by atoms with E-state index in [-0.39, 0.29) is 5.91 Å². The summed E-state index contributed by atoms with van der Waals surface area (Å²) in [6.07, 6.45) is 4.19. The van der Waals surface area contributed by atoms with Crippen LogP contribution in [0.15, 0.2) is 22.6 Å². The largest absolute Gasteiger partial charge is 0.493 e. The molecular weight excluding hydrogens is 376 g/mol. The van der Waals surface area contributed by atoms with E-state index in [1.807, 2.05) is 23.1 Å². The molecular formula is C20H30N4O3S. The van der Waals surface area contributed by atoms with Crippen molar-refractivity contribution >= 4 is 28.6 Å². The molecule has 0 spiro atoms. The second-order valence-electron chi connectivity index (χ2n) is 8.00. The van der Waals surface area contributed by atoms with Crippen LogP contribution < -0.4 is 15.2 Å². The van der Waals surface area contributed by atoms with Gasteiger partial charge in [-0.25, -0.2) is 4.21 Å². The van der Waals surface area contributed by atoms with Gasteiger partial charge in [-0.3, -0.25) is 9.52 Å². The lowest BCUT2D eigenvalue weighted by Crippen LogP contribution is -2.36. The molecule has 2 atom stereocenters. The topological polar surface area (TPSA) is 97.0 Å². The van der Waals surface area contributed by atoms with Crippen molar-refractivity contribution in [2.45, 2.75) is 46.0 Å². The number of fused-ring (bicyclic) bond motifs is 1. The highest BCUT2D eigenvalue weighted by atomic mass is 32.2. The number of benzene rings is 1. The minimum atomic E-state index is -1.57. The molecule has 1 aromatic rings. The maximum Gasteiger partial charge on any atom is 0.244 e. The Kier molecular flexibility index (Phi) is 6.93. The Hall–Kier alpha value is -2.09. The third-order valence-electron chi connectivity index (χ3n) is 5.07. The van der Waals surface area contributed by atoms with Gasteiger partial charge < -0.3 is 15.4 Å². The molecule has 1 amide bonds. The smallest absolute Gasteiger partial charge is 0.244 e. The molecule has 2 aliphatic rings. The molecule has 1 unspecified atom stereocenters. The van der Waals surface area contributed by atoms with Gasteiger partial charge in [0.1, 0.15) is 11.6 Å². The maximum absolute atomic E-state index is 12.5. The number of nitrogens with zero attached hydrogens (tertiary/aromatic N) is 2. The third-order valence-corrected chi connectivity index (χ3v) is 5.86. The van der Waals surface area contributed by atoms with Crippen LogP contribution in [0.5, 0.6) is 5.75 Å². The third kappa shape index (κ3) is 5.47. The number of amides is 1. The second kappa shape index (κ2) is 9.41. The molecule has 3 N–H and O–H groups in total. The van der Waals surface area contributed by atoms with E-state index in [2.05, 4.69) is 23.0 Å². The van der Waals surface area contributed by atoms with Gasteiger partial charge in [-0.2, -0.15) is 4.40 Å². The molecule has 0 aromatic heterocycles. The zero-order valence-corrected chi connectivity index (χ0v) is 17.5. The normalized spacial score (nSPS) is 22.5. The number of carbonyl (C=O) groups is 1. The van der Waals surface area contributed by atoms with Crippen LogP contribution in [0, 0.1) is 11.8 Å². The number of nitrogens with one attached hydrogen (secondary N) is 1. The lowest BCUT2D eigenvalue weighted by Gasteiger charge is -2.26. The molecule has 3 rings (SSSR count). The van der Waals surface area contributed by atoms with Gasteiger partial charge in [0.25, 0.3) is 0 Å². The number of nitrogens with two attached hydrogens (primary N) is 1. The van der Waals surface area contributed by atoms with Gasteiger partial charge in [0.05, 0.1) is 12.3 Å². The fourth-order valence-corrected chi connectivity index (χ4v) is 4.40. The first kappa shape index (κ1) is 20.6. The Balaban J connectivity index is 1.67. The molecule has 0 bridgehead atoms. The first-order chi connectivity index (χ1) is 13.4. The number of hydrogen-bond donors (Lipinski definition) is 2. The summed E-state index contributed by atoms with van der Waals surface area (Å²) in [5, 5.41) is 0. The van der Waals surface area contributed by atoms with Crippen LogP contribution in [0.4, 0.5) is 5.69 Å². The molecule has 2 aliphatic heterocycles. The van der Waals surface area contributed by atoms with Crippen LogP contribution in [-0.4, -0.2) is 40.5 Å². The lowest BCUT2D eigenvalue weighted by molar-refractivity contribution is -0.132. The number of ether oxygens (including phenoxy) is 1. The summed E-state index contributed by atoms with van der Waals surface area (Å²) in [6.45, 7) is 6.28. The molecule has 0 saturated carbocycles. The van der Waals surface area contributed by atoms with Crippen molar-refractivity contribution in [1.29, 1.82) is 0 Å². The van der Waals surface area contributed by atoms with Gasteiger partial charge in [-0.15, -0.1) is 0 Å². The molecule has 8 heteroatoms. The highest BCUT2D eigenvalue weighted by Gasteiger charge is 2.24. The van der Waals surface area contributed by atoms with Crippen LogP contribution >= 0.6 is 0 Å². The van der Waals surface area contributed by atoms with Crippen molar-refractivity contribution in [2.75, 3.05) is 24.4 Å². The van der Waals surface area contributed by atoms with Gasteiger partial charge in [0.15, 0.2) is 0 Å². The number of carbonyl (C=O) groups excluding carboxylic acids is 1. The predicted octanol–water partition coefficient (Wildman–Crippen LogP) is 2.64. The Bertz CT molecular complexity index is 766. The van der Waals surface area contributed by atoms with Crippen molar-refractivity contribution in [3.05, 3.63) is 23.8 Å². The van der Waals surface area contributed by atoms with Crippen molar-refractivity contribution in [3.63, 3.8) is 0 Å². The van der Waals surface area contributed by atoms with Gasteiger partial charge in [-0.05, 0) is 30.9 Å². The quantitative estimate of drug-likeness (QED) is 0.785. The van der Waals surface area contributed by atoms with E-state index in [0.717, 1.165) is 49.4 Å². The van der Waals surface area contributed by atoms with Crippen molar-refractivity contribution in [3.8, 4) is 5.75 Å². The predicted molar refractivity (Wildman–Crippen MR) is 112 cm³/mol. The van der Waals surface area contributed by atoms with E-state index in [0.29, 0.717) is 37.1 Å². The van der Waals surface area contributed by atoms with Crippen LogP contribution in [0.1, 0.15) is 45.1 Å². The summed E-state index contributed by atoms with van der Waals surface area (Å²) < 4.78 is 24.8. The summed E-state index contributed by atoms with van der Waals surface area (Å²) >= 11 is -1.57. The number of rotatable bonds is 5. The number of hydrogen-bond acceptors (Lipinski definition) is 4. The number of amidine groups is 1. The average molecular weight is 407 g/mol. The lowest BCUT2D eigenvalue weighted by atomic mass is 10.0. The zero-order valence-electron chi connectivity index (χ0n) is 16.6. The van der Waals surface area contributed by atoms with Gasteiger partial charge in [0.2, 0.25) is 17.1 Å². The van der Waals surface area contributed by atoms with E-state index in [1.165, 1.54) is 0 Å². The number of anilines is 1. The van der Waals surface area contributed by atoms with E-state index in [9.17, 15) is 9.00 Å². The fourth-order valence-electron chi connectivity index (χ4n) is 3.69.